The van der Waals surface area contributed by atoms with E-state index in [0.29, 0.717) is 29.3 Å². The summed E-state index contributed by atoms with van der Waals surface area (Å²) in [6.07, 6.45) is -0.00161. The number of hydrogen-bond donors (Lipinski definition) is 1. The summed E-state index contributed by atoms with van der Waals surface area (Å²) in [7, 11) is 0. The number of nitrogens with zero attached hydrogens (tertiary/aromatic N) is 1. The van der Waals surface area contributed by atoms with Crippen LogP contribution < -0.4 is 4.74 Å². The summed E-state index contributed by atoms with van der Waals surface area (Å²) < 4.78 is 10.7. The Morgan fingerprint density at radius 3 is 2.11 bits per heavy atom. The summed E-state index contributed by atoms with van der Waals surface area (Å²) in [5.74, 6) is 0.189. The van der Waals surface area contributed by atoms with Gasteiger partial charge in [-0.3, -0.25) is 4.79 Å². The van der Waals surface area contributed by atoms with Gasteiger partial charge in [0.25, 0.3) is 0 Å². The number of ether oxygens (including phenoxy) is 2. The molecule has 3 aromatic carbocycles. The molecule has 7 heteroatoms. The minimum absolute atomic E-state index is 0.0939. The van der Waals surface area contributed by atoms with Crippen molar-refractivity contribution >= 4 is 23.7 Å². The number of esters is 1. The lowest BCUT2D eigenvalue weighted by Gasteiger charge is -2.29. The van der Waals surface area contributed by atoms with E-state index in [2.05, 4.69) is 12.1 Å². The molecule has 1 N–H and O–H groups in total. The van der Waals surface area contributed by atoms with Crippen molar-refractivity contribution in [2.24, 2.45) is 0 Å². The predicted octanol–water partition coefficient (Wildman–Crippen LogP) is 6.37. The molecule has 196 valence electrons. The highest BCUT2D eigenvalue weighted by Gasteiger charge is 2.24. The zero-order chi connectivity index (χ0) is 27.0. The Morgan fingerprint density at radius 1 is 0.946 bits per heavy atom. The molecule has 0 saturated heterocycles. The quantitative estimate of drug-likeness (QED) is 0.260. The summed E-state index contributed by atoms with van der Waals surface area (Å²) >= 11 is 6.07. The number of carbonyl (C=O) groups is 2. The molecule has 0 aliphatic heterocycles. The number of aliphatic hydroxyl groups is 1. The Bertz CT molecular complexity index is 1190. The van der Waals surface area contributed by atoms with E-state index in [0.717, 1.165) is 23.1 Å². The normalized spacial score (nSPS) is 12.1. The molecule has 3 aromatic rings. The maximum Gasteiger partial charge on any atom is 0.410 e. The first-order valence-corrected chi connectivity index (χ1v) is 12.6. The zero-order valence-corrected chi connectivity index (χ0v) is 22.5. The van der Waals surface area contributed by atoms with E-state index in [1.54, 1.807) is 36.4 Å². The Kier molecular flexibility index (Phi) is 9.73. The van der Waals surface area contributed by atoms with Crippen LogP contribution in [0.2, 0.25) is 5.02 Å². The van der Waals surface area contributed by atoms with E-state index in [4.69, 9.17) is 21.1 Å². The minimum atomic E-state index is -0.888. The second kappa shape index (κ2) is 12.7. The first kappa shape index (κ1) is 28.2. The molecule has 0 heterocycles. The lowest BCUT2D eigenvalue weighted by molar-refractivity contribution is -0.131. The molecule has 0 unspecified atom stereocenters. The van der Waals surface area contributed by atoms with Crippen LogP contribution in [0.25, 0.3) is 0 Å². The average molecular weight is 524 g/mol. The molecule has 0 aliphatic carbocycles. The molecule has 6 nitrogen and oxygen atoms in total. The molecule has 0 aromatic heterocycles. The molecular formula is C30H34ClNO5. The maximum atomic E-state index is 12.9. The van der Waals surface area contributed by atoms with Crippen LogP contribution in [0.3, 0.4) is 0 Å². The first-order valence-electron chi connectivity index (χ1n) is 12.2. The van der Waals surface area contributed by atoms with Crippen molar-refractivity contribution in [3.05, 3.63) is 100 Å². The molecule has 0 aliphatic rings. The van der Waals surface area contributed by atoms with Crippen LogP contribution in [0.4, 0.5) is 4.79 Å². The fourth-order valence-electron chi connectivity index (χ4n) is 3.78. The lowest BCUT2D eigenvalue weighted by atomic mass is 10.0. The summed E-state index contributed by atoms with van der Waals surface area (Å²) in [4.78, 5) is 25.5. The number of halogens is 1. The third-order valence-electron chi connectivity index (χ3n) is 5.57. The Hall–Kier alpha value is -3.35. The van der Waals surface area contributed by atoms with Gasteiger partial charge >= 0.3 is 12.1 Å². The standard InChI is InChI=1S/C30H34ClNO5/c1-21(33)36-27-14-12-24(13-15-27)18-23-10-8-22(9-11-23)16-17-32(29(35)37-30(2,3)4)20-28(34)25-6-5-7-26(31)19-25/h5-15,19,28,34H,16-18,20H2,1-4H3/t28-/m1/s1. The number of hydrogen-bond acceptors (Lipinski definition) is 5. The van der Waals surface area contributed by atoms with Crippen molar-refractivity contribution in [3.63, 3.8) is 0 Å². The highest BCUT2D eigenvalue weighted by Crippen LogP contribution is 2.21. The van der Waals surface area contributed by atoms with Crippen molar-refractivity contribution < 1.29 is 24.2 Å². The van der Waals surface area contributed by atoms with E-state index >= 15 is 0 Å². The Morgan fingerprint density at radius 2 is 1.54 bits per heavy atom. The van der Waals surface area contributed by atoms with E-state index in [-0.39, 0.29) is 12.5 Å². The van der Waals surface area contributed by atoms with E-state index in [1.165, 1.54) is 11.8 Å². The van der Waals surface area contributed by atoms with Gasteiger partial charge in [0.15, 0.2) is 0 Å². The molecule has 0 saturated carbocycles. The molecular weight excluding hydrogens is 490 g/mol. The lowest BCUT2D eigenvalue weighted by Crippen LogP contribution is -2.40. The molecule has 3 rings (SSSR count). The number of rotatable bonds is 9. The molecule has 0 bridgehead atoms. The minimum Gasteiger partial charge on any atom is -0.444 e. The topological polar surface area (TPSA) is 76.1 Å². The largest absolute Gasteiger partial charge is 0.444 e. The number of amides is 1. The van der Waals surface area contributed by atoms with Gasteiger partial charge < -0.3 is 19.5 Å². The van der Waals surface area contributed by atoms with E-state index < -0.39 is 17.8 Å². The third-order valence-corrected chi connectivity index (χ3v) is 5.80. The monoisotopic (exact) mass is 523 g/mol. The Balaban J connectivity index is 1.63. The van der Waals surface area contributed by atoms with Crippen LogP contribution >= 0.6 is 11.6 Å². The molecule has 37 heavy (non-hydrogen) atoms. The van der Waals surface area contributed by atoms with Crippen molar-refractivity contribution in [1.82, 2.24) is 4.90 Å². The van der Waals surface area contributed by atoms with Crippen LogP contribution in [-0.2, 0) is 22.4 Å². The van der Waals surface area contributed by atoms with Crippen LogP contribution in [0, 0.1) is 0 Å². The van der Waals surface area contributed by atoms with Gasteiger partial charge in [0, 0.05) is 18.5 Å². The molecule has 0 fully saturated rings. The molecule has 0 spiro atoms. The van der Waals surface area contributed by atoms with E-state index in [1.807, 2.05) is 45.0 Å². The average Bonchev–Trinajstić information content (AvgIpc) is 2.82. The van der Waals surface area contributed by atoms with Crippen LogP contribution in [0.1, 0.15) is 56.1 Å². The number of carbonyl (C=O) groups excluding carboxylic acids is 2. The number of aliphatic hydroxyl groups excluding tert-OH is 1. The van der Waals surface area contributed by atoms with Crippen molar-refractivity contribution in [2.45, 2.75) is 52.2 Å². The van der Waals surface area contributed by atoms with Gasteiger partial charge in [0.2, 0.25) is 0 Å². The summed E-state index contributed by atoms with van der Waals surface area (Å²) in [6, 6.07) is 22.7. The van der Waals surface area contributed by atoms with Gasteiger partial charge in [-0.25, -0.2) is 4.79 Å². The van der Waals surface area contributed by atoms with Crippen LogP contribution in [0.15, 0.2) is 72.8 Å². The number of benzene rings is 3. The molecule has 1 amide bonds. The van der Waals surface area contributed by atoms with Gasteiger partial charge in [0.05, 0.1) is 12.6 Å². The highest BCUT2D eigenvalue weighted by molar-refractivity contribution is 6.30. The predicted molar refractivity (Wildman–Crippen MR) is 145 cm³/mol. The van der Waals surface area contributed by atoms with Gasteiger partial charge in [0.1, 0.15) is 11.4 Å². The maximum absolute atomic E-state index is 12.9. The van der Waals surface area contributed by atoms with Gasteiger partial charge in [-0.2, -0.15) is 0 Å². The first-order chi connectivity index (χ1) is 17.5. The SMILES string of the molecule is CC(=O)Oc1ccc(Cc2ccc(CCN(C[C@@H](O)c3cccc(Cl)c3)C(=O)OC(C)(C)C)cc2)cc1. The third kappa shape index (κ3) is 9.56. The summed E-state index contributed by atoms with van der Waals surface area (Å²) in [5, 5.41) is 11.3. The summed E-state index contributed by atoms with van der Waals surface area (Å²) in [6.45, 7) is 7.32. The zero-order valence-electron chi connectivity index (χ0n) is 21.7. The van der Waals surface area contributed by atoms with Gasteiger partial charge in [-0.05, 0) is 80.1 Å². The Labute approximate surface area is 223 Å². The van der Waals surface area contributed by atoms with Crippen molar-refractivity contribution in [1.29, 1.82) is 0 Å². The van der Waals surface area contributed by atoms with Gasteiger partial charge in [-0.15, -0.1) is 0 Å². The smallest absolute Gasteiger partial charge is 0.410 e. The summed E-state index contributed by atoms with van der Waals surface area (Å²) in [5.41, 5.74) is 3.32. The van der Waals surface area contributed by atoms with Crippen molar-refractivity contribution in [2.75, 3.05) is 13.1 Å². The van der Waals surface area contributed by atoms with Crippen molar-refractivity contribution in [3.8, 4) is 5.75 Å². The molecule has 0 radical (unpaired) electrons. The fraction of sp³-hybridized carbons (Fsp3) is 0.333. The fourth-order valence-corrected chi connectivity index (χ4v) is 3.98. The van der Waals surface area contributed by atoms with Crippen LogP contribution in [0.5, 0.6) is 5.75 Å². The highest BCUT2D eigenvalue weighted by atomic mass is 35.5. The van der Waals surface area contributed by atoms with Gasteiger partial charge in [-0.1, -0.05) is 60.1 Å². The van der Waals surface area contributed by atoms with E-state index in [9.17, 15) is 14.7 Å². The second-order valence-electron chi connectivity index (χ2n) is 9.98. The second-order valence-corrected chi connectivity index (χ2v) is 10.4. The van der Waals surface area contributed by atoms with Crippen LogP contribution in [-0.4, -0.2) is 40.8 Å². The molecule has 1 atom stereocenters.